The summed E-state index contributed by atoms with van der Waals surface area (Å²) in [6.45, 7) is 1.77. The van der Waals surface area contributed by atoms with Gasteiger partial charge in [-0.2, -0.15) is 0 Å². The summed E-state index contributed by atoms with van der Waals surface area (Å²) in [6.07, 6.45) is 7.48. The second-order valence-corrected chi connectivity index (χ2v) is 9.36. The van der Waals surface area contributed by atoms with E-state index in [2.05, 4.69) is 4.99 Å². The van der Waals surface area contributed by atoms with Gasteiger partial charge >= 0.3 is 5.97 Å². The summed E-state index contributed by atoms with van der Waals surface area (Å²) in [5, 5.41) is 0. The van der Waals surface area contributed by atoms with Gasteiger partial charge in [-0.1, -0.05) is 53.8 Å². The highest BCUT2D eigenvalue weighted by molar-refractivity contribution is 7.98. The predicted octanol–water partition coefficient (Wildman–Crippen LogP) is 3.80. The molecule has 0 amide bonds. The van der Waals surface area contributed by atoms with Crippen LogP contribution in [-0.2, 0) is 9.53 Å². The number of para-hydroxylation sites is 1. The fraction of sp³-hybridized carbons (Fsp3) is 0.192. The van der Waals surface area contributed by atoms with E-state index < -0.39 is 12.0 Å². The Bertz CT molecular complexity index is 1460. The minimum absolute atomic E-state index is 0.207. The molecule has 1 aromatic heterocycles. The Kier molecular flexibility index (Phi) is 7.19. The maximum absolute atomic E-state index is 13.5. The minimum Gasteiger partial charge on any atom is -0.496 e. The average Bonchev–Trinajstić information content (AvgIpc) is 3.17. The molecule has 0 saturated heterocycles. The summed E-state index contributed by atoms with van der Waals surface area (Å²) < 4.78 is 12.5. The highest BCUT2D eigenvalue weighted by atomic mass is 32.2. The van der Waals surface area contributed by atoms with Crippen LogP contribution >= 0.6 is 23.1 Å². The topological polar surface area (TPSA) is 69.9 Å². The number of esters is 1. The molecule has 0 bridgehead atoms. The zero-order valence-corrected chi connectivity index (χ0v) is 20.9. The normalized spacial score (nSPS) is 15.9. The average molecular weight is 493 g/mol. The maximum Gasteiger partial charge on any atom is 0.338 e. The number of thioether (sulfide) groups is 1. The summed E-state index contributed by atoms with van der Waals surface area (Å²) in [7, 11) is 2.96. The molecule has 0 N–H and O–H groups in total. The second kappa shape index (κ2) is 10.3. The fourth-order valence-electron chi connectivity index (χ4n) is 3.85. The van der Waals surface area contributed by atoms with Gasteiger partial charge in [0.1, 0.15) is 5.75 Å². The van der Waals surface area contributed by atoms with Crippen LogP contribution in [0.2, 0.25) is 0 Å². The van der Waals surface area contributed by atoms with Crippen molar-refractivity contribution in [1.82, 2.24) is 4.57 Å². The van der Waals surface area contributed by atoms with Gasteiger partial charge in [-0.05, 0) is 43.0 Å². The standard InChI is InChI=1S/C26H24N2O4S2/c1-16-22(25(30)32-3)23(18-12-14-19(33-4)15-13-18)28-24(29)21(34-26(28)27-16)11-7-9-17-8-5-6-10-20(17)31-2/h5-15,23H,1-4H3. The zero-order valence-electron chi connectivity index (χ0n) is 19.3. The number of nitrogens with zero attached hydrogens (tertiary/aromatic N) is 2. The molecule has 174 valence electrons. The molecule has 0 fully saturated rings. The van der Waals surface area contributed by atoms with Crippen LogP contribution in [0.5, 0.6) is 5.75 Å². The number of carbonyl (C=O) groups excluding carboxylic acids is 1. The van der Waals surface area contributed by atoms with Crippen LogP contribution in [0.4, 0.5) is 0 Å². The molecular weight excluding hydrogens is 468 g/mol. The molecule has 2 heterocycles. The van der Waals surface area contributed by atoms with Crippen LogP contribution in [-0.4, -0.2) is 31.0 Å². The van der Waals surface area contributed by atoms with Gasteiger partial charge in [-0.25, -0.2) is 9.79 Å². The molecule has 1 atom stereocenters. The van der Waals surface area contributed by atoms with Crippen LogP contribution in [0, 0.1) is 0 Å². The van der Waals surface area contributed by atoms with E-state index in [1.54, 1.807) is 36.4 Å². The van der Waals surface area contributed by atoms with Crippen molar-refractivity contribution in [3.8, 4) is 5.75 Å². The van der Waals surface area contributed by atoms with Crippen molar-refractivity contribution in [1.29, 1.82) is 0 Å². The molecule has 1 aliphatic heterocycles. The van der Waals surface area contributed by atoms with E-state index in [1.165, 1.54) is 18.4 Å². The van der Waals surface area contributed by atoms with Crippen molar-refractivity contribution >= 4 is 41.2 Å². The molecule has 1 unspecified atom stereocenters. The molecule has 0 spiro atoms. The van der Waals surface area contributed by atoms with Gasteiger partial charge in [0.25, 0.3) is 5.56 Å². The number of benzene rings is 2. The Balaban J connectivity index is 1.84. The first kappa shape index (κ1) is 23.8. The molecule has 0 radical (unpaired) electrons. The summed E-state index contributed by atoms with van der Waals surface area (Å²) in [4.78, 5) is 32.4. The van der Waals surface area contributed by atoms with Crippen LogP contribution in [0.1, 0.15) is 24.1 Å². The first-order valence-corrected chi connectivity index (χ1v) is 12.6. The Labute approximate surface area is 205 Å². The predicted molar refractivity (Wildman–Crippen MR) is 137 cm³/mol. The van der Waals surface area contributed by atoms with Crippen molar-refractivity contribution in [2.45, 2.75) is 17.9 Å². The molecular formula is C26H24N2O4S2. The van der Waals surface area contributed by atoms with Gasteiger partial charge in [0, 0.05) is 10.5 Å². The number of aromatic nitrogens is 1. The molecule has 8 heteroatoms. The molecule has 4 rings (SSSR count). The van der Waals surface area contributed by atoms with Crippen LogP contribution in [0.3, 0.4) is 0 Å². The first-order chi connectivity index (χ1) is 16.5. The maximum atomic E-state index is 13.5. The molecule has 0 aliphatic carbocycles. The Morgan fingerprint density at radius 2 is 1.88 bits per heavy atom. The molecule has 34 heavy (non-hydrogen) atoms. The molecule has 1 aliphatic rings. The van der Waals surface area contributed by atoms with Gasteiger partial charge in [-0.3, -0.25) is 9.36 Å². The lowest BCUT2D eigenvalue weighted by atomic mass is 9.96. The third-order valence-corrected chi connectivity index (χ3v) is 7.27. The number of ether oxygens (including phenoxy) is 2. The van der Waals surface area contributed by atoms with Gasteiger partial charge in [0.2, 0.25) is 0 Å². The Morgan fingerprint density at radius 1 is 1.15 bits per heavy atom. The van der Waals surface area contributed by atoms with Crippen molar-refractivity contribution in [3.63, 3.8) is 0 Å². The van der Waals surface area contributed by atoms with Gasteiger partial charge in [-0.15, -0.1) is 11.8 Å². The number of hydrogen-bond acceptors (Lipinski definition) is 7. The number of allylic oxidation sites excluding steroid dienone is 2. The van der Waals surface area contributed by atoms with E-state index in [0.717, 1.165) is 21.8 Å². The molecule has 0 saturated carbocycles. The molecule has 2 aromatic carbocycles. The quantitative estimate of drug-likeness (QED) is 0.387. The van der Waals surface area contributed by atoms with E-state index in [0.29, 0.717) is 20.6 Å². The lowest BCUT2D eigenvalue weighted by Gasteiger charge is -2.24. The van der Waals surface area contributed by atoms with E-state index in [1.807, 2.05) is 66.9 Å². The van der Waals surface area contributed by atoms with E-state index in [4.69, 9.17) is 9.47 Å². The van der Waals surface area contributed by atoms with Gasteiger partial charge in [0.05, 0.1) is 36.1 Å². The fourth-order valence-corrected chi connectivity index (χ4v) is 5.26. The van der Waals surface area contributed by atoms with Crippen LogP contribution in [0.15, 0.2) is 80.6 Å². The number of thiazole rings is 1. The Hall–Kier alpha value is -3.36. The summed E-state index contributed by atoms with van der Waals surface area (Å²) in [6, 6.07) is 14.9. The highest BCUT2D eigenvalue weighted by Crippen LogP contribution is 2.31. The van der Waals surface area contributed by atoms with E-state index >= 15 is 0 Å². The van der Waals surface area contributed by atoms with E-state index in [-0.39, 0.29) is 5.56 Å². The highest BCUT2D eigenvalue weighted by Gasteiger charge is 2.32. The molecule has 6 nitrogen and oxygen atoms in total. The van der Waals surface area contributed by atoms with Crippen molar-refractivity contribution in [2.24, 2.45) is 4.99 Å². The number of fused-ring (bicyclic) bond motifs is 1. The van der Waals surface area contributed by atoms with Crippen molar-refractivity contribution in [3.05, 3.63) is 96.7 Å². The molecule has 3 aromatic rings. The Morgan fingerprint density at radius 3 is 2.56 bits per heavy atom. The van der Waals surface area contributed by atoms with Gasteiger partial charge < -0.3 is 9.47 Å². The van der Waals surface area contributed by atoms with Crippen LogP contribution in [0.25, 0.3) is 12.2 Å². The van der Waals surface area contributed by atoms with Gasteiger partial charge in [0.15, 0.2) is 4.80 Å². The van der Waals surface area contributed by atoms with E-state index in [9.17, 15) is 9.59 Å². The first-order valence-electron chi connectivity index (χ1n) is 10.5. The van der Waals surface area contributed by atoms with Crippen molar-refractivity contribution in [2.75, 3.05) is 20.5 Å². The smallest absolute Gasteiger partial charge is 0.338 e. The second-order valence-electron chi connectivity index (χ2n) is 7.47. The third-order valence-electron chi connectivity index (χ3n) is 5.52. The largest absolute Gasteiger partial charge is 0.496 e. The SMILES string of the molecule is COC(=O)C1=C(C)N=c2sc(=CC=Cc3ccccc3OC)c(=O)n2C1c1ccc(SC)cc1. The van der Waals surface area contributed by atoms with Crippen molar-refractivity contribution < 1.29 is 14.3 Å². The number of hydrogen-bond donors (Lipinski definition) is 0. The number of carbonyl (C=O) groups is 1. The summed E-state index contributed by atoms with van der Waals surface area (Å²) in [5.74, 6) is 0.256. The lowest BCUT2D eigenvalue weighted by Crippen LogP contribution is -2.39. The lowest BCUT2D eigenvalue weighted by molar-refractivity contribution is -0.136. The number of methoxy groups -OCH3 is 2. The number of rotatable bonds is 6. The summed E-state index contributed by atoms with van der Waals surface area (Å²) >= 11 is 2.92. The minimum atomic E-state index is -0.611. The van der Waals surface area contributed by atoms with Crippen LogP contribution < -0.4 is 19.6 Å². The monoisotopic (exact) mass is 492 g/mol. The third kappa shape index (κ3) is 4.51. The zero-order chi connectivity index (χ0) is 24.2. The summed E-state index contributed by atoms with van der Waals surface area (Å²) in [5.41, 5.74) is 2.43.